The summed E-state index contributed by atoms with van der Waals surface area (Å²) in [6.45, 7) is 3.92. The minimum absolute atomic E-state index is 0.000553. The van der Waals surface area contributed by atoms with Crippen molar-refractivity contribution >= 4 is 16.8 Å². The predicted octanol–water partition coefficient (Wildman–Crippen LogP) is 2.11. The zero-order valence-electron chi connectivity index (χ0n) is 16.8. The Morgan fingerprint density at radius 3 is 2.89 bits per heavy atom. The van der Waals surface area contributed by atoms with Gasteiger partial charge in [0.15, 0.2) is 0 Å². The van der Waals surface area contributed by atoms with Crippen molar-refractivity contribution in [2.24, 2.45) is 11.7 Å². The van der Waals surface area contributed by atoms with Gasteiger partial charge in [-0.2, -0.15) is 0 Å². The Hall–Kier alpha value is -1.89. The molecule has 0 bridgehead atoms. The van der Waals surface area contributed by atoms with Crippen LogP contribution in [0.15, 0.2) is 30.5 Å². The quantitative estimate of drug-likeness (QED) is 0.684. The lowest BCUT2D eigenvalue weighted by molar-refractivity contribution is -0.137. The van der Waals surface area contributed by atoms with Crippen LogP contribution in [-0.2, 0) is 22.6 Å². The average molecular weight is 385 g/mol. The second kappa shape index (κ2) is 8.64. The van der Waals surface area contributed by atoms with Crippen molar-refractivity contribution in [2.45, 2.75) is 50.9 Å². The van der Waals surface area contributed by atoms with Crippen molar-refractivity contribution in [3.8, 4) is 0 Å². The van der Waals surface area contributed by atoms with Crippen LogP contribution in [0.25, 0.3) is 10.9 Å². The van der Waals surface area contributed by atoms with E-state index < -0.39 is 0 Å². The highest BCUT2D eigenvalue weighted by Gasteiger charge is 2.37. The van der Waals surface area contributed by atoms with Gasteiger partial charge in [-0.3, -0.25) is 4.79 Å². The lowest BCUT2D eigenvalue weighted by Gasteiger charge is -2.32. The number of hydrogen-bond acceptors (Lipinski definition) is 4. The van der Waals surface area contributed by atoms with Crippen LogP contribution in [-0.4, -0.2) is 54.3 Å². The van der Waals surface area contributed by atoms with Gasteiger partial charge in [-0.05, 0) is 37.3 Å². The Morgan fingerprint density at radius 1 is 1.32 bits per heavy atom. The largest absolute Gasteiger partial charge is 0.385 e. The second-order valence-corrected chi connectivity index (χ2v) is 8.26. The first-order valence-electron chi connectivity index (χ1n) is 10.5. The van der Waals surface area contributed by atoms with Crippen molar-refractivity contribution in [3.63, 3.8) is 0 Å². The highest BCUT2D eigenvalue weighted by molar-refractivity contribution is 5.85. The van der Waals surface area contributed by atoms with Crippen LogP contribution >= 0.6 is 0 Å². The number of nitrogens with one attached hydrogen (secondary N) is 1. The fourth-order valence-electron chi connectivity index (χ4n) is 4.37. The van der Waals surface area contributed by atoms with Gasteiger partial charge in [-0.1, -0.05) is 18.2 Å². The van der Waals surface area contributed by atoms with Crippen molar-refractivity contribution in [1.29, 1.82) is 0 Å². The molecular formula is C22H32N4O2. The van der Waals surface area contributed by atoms with Crippen LogP contribution in [0.4, 0.5) is 0 Å². The van der Waals surface area contributed by atoms with E-state index in [0.717, 1.165) is 51.9 Å². The van der Waals surface area contributed by atoms with Crippen LogP contribution in [0.3, 0.4) is 0 Å². The topological polar surface area (TPSA) is 72.5 Å². The van der Waals surface area contributed by atoms with Crippen molar-refractivity contribution in [1.82, 2.24) is 14.8 Å². The Kier molecular flexibility index (Phi) is 5.99. The monoisotopic (exact) mass is 384 g/mol. The van der Waals surface area contributed by atoms with Gasteiger partial charge in [0.25, 0.3) is 0 Å². The zero-order chi connectivity index (χ0) is 19.5. The SMILES string of the molecule is COCCCn1cc(CN(C(=O)[C@@H]2CNC[C@H](N)C2)C2CC2)c2ccccc21. The molecule has 1 aromatic heterocycles. The zero-order valence-corrected chi connectivity index (χ0v) is 16.8. The van der Waals surface area contributed by atoms with E-state index in [2.05, 4.69) is 45.2 Å². The molecular weight excluding hydrogens is 352 g/mol. The predicted molar refractivity (Wildman–Crippen MR) is 111 cm³/mol. The number of carbonyl (C=O) groups excluding carboxylic acids is 1. The molecule has 152 valence electrons. The van der Waals surface area contributed by atoms with Gasteiger partial charge in [0.2, 0.25) is 5.91 Å². The number of para-hydroxylation sites is 1. The summed E-state index contributed by atoms with van der Waals surface area (Å²) >= 11 is 0. The molecule has 6 nitrogen and oxygen atoms in total. The van der Waals surface area contributed by atoms with Gasteiger partial charge in [0.05, 0.1) is 5.92 Å². The van der Waals surface area contributed by atoms with Gasteiger partial charge < -0.3 is 25.3 Å². The Bertz CT molecular complexity index is 814. The highest BCUT2D eigenvalue weighted by Crippen LogP contribution is 2.32. The van der Waals surface area contributed by atoms with E-state index in [1.54, 1.807) is 7.11 Å². The van der Waals surface area contributed by atoms with E-state index in [1.807, 2.05) is 0 Å². The van der Waals surface area contributed by atoms with E-state index >= 15 is 0 Å². The summed E-state index contributed by atoms with van der Waals surface area (Å²) in [6, 6.07) is 8.97. The third-order valence-electron chi connectivity index (χ3n) is 5.96. The molecule has 1 amide bonds. The number of fused-ring (bicyclic) bond motifs is 1. The van der Waals surface area contributed by atoms with Crippen LogP contribution in [0.5, 0.6) is 0 Å². The molecule has 1 aliphatic heterocycles. The van der Waals surface area contributed by atoms with E-state index in [9.17, 15) is 4.79 Å². The van der Waals surface area contributed by atoms with Crippen LogP contribution in [0, 0.1) is 5.92 Å². The number of hydrogen-bond donors (Lipinski definition) is 2. The first kappa shape index (κ1) is 19.4. The van der Waals surface area contributed by atoms with Gasteiger partial charge in [-0.15, -0.1) is 0 Å². The van der Waals surface area contributed by atoms with Crippen molar-refractivity contribution in [2.75, 3.05) is 26.8 Å². The summed E-state index contributed by atoms with van der Waals surface area (Å²) in [6.07, 6.45) is 6.22. The van der Waals surface area contributed by atoms with Gasteiger partial charge in [-0.25, -0.2) is 0 Å². The summed E-state index contributed by atoms with van der Waals surface area (Å²) in [5.41, 5.74) is 8.57. The molecule has 2 fully saturated rings. The number of nitrogens with zero attached hydrogens (tertiary/aromatic N) is 2. The summed E-state index contributed by atoms with van der Waals surface area (Å²) in [5.74, 6) is 0.265. The molecule has 0 radical (unpaired) electrons. The third kappa shape index (κ3) is 4.24. The number of ether oxygens (including phenoxy) is 1. The van der Waals surface area contributed by atoms with Gasteiger partial charge in [0.1, 0.15) is 0 Å². The van der Waals surface area contributed by atoms with E-state index in [-0.39, 0.29) is 17.9 Å². The molecule has 3 N–H and O–H groups in total. The minimum Gasteiger partial charge on any atom is -0.385 e. The molecule has 0 spiro atoms. The number of piperidine rings is 1. The lowest BCUT2D eigenvalue weighted by atomic mass is 9.94. The molecule has 1 aliphatic carbocycles. The molecule has 2 atom stereocenters. The number of benzene rings is 1. The number of aryl methyl sites for hydroxylation is 1. The number of methoxy groups -OCH3 is 1. The number of amides is 1. The highest BCUT2D eigenvalue weighted by atomic mass is 16.5. The summed E-state index contributed by atoms with van der Waals surface area (Å²) in [5, 5.41) is 4.56. The van der Waals surface area contributed by atoms with E-state index in [0.29, 0.717) is 12.6 Å². The number of rotatable bonds is 8. The standard InChI is InChI=1S/C22H32N4O2/c1-28-10-4-9-25-14-17(20-5-2-3-6-21(20)25)15-26(19-7-8-19)22(27)16-11-18(23)13-24-12-16/h2-3,5-6,14,16,18-19,24H,4,7-13,15,23H2,1H3/t16-,18+/m0/s1. The maximum atomic E-state index is 13.3. The molecule has 28 heavy (non-hydrogen) atoms. The Morgan fingerprint density at radius 2 is 2.14 bits per heavy atom. The summed E-state index contributed by atoms with van der Waals surface area (Å²) in [7, 11) is 1.74. The van der Waals surface area contributed by atoms with Crippen LogP contribution in [0.2, 0.25) is 0 Å². The van der Waals surface area contributed by atoms with Gasteiger partial charge >= 0.3 is 0 Å². The molecule has 4 rings (SSSR count). The fourth-order valence-corrected chi connectivity index (χ4v) is 4.37. The van der Waals surface area contributed by atoms with Crippen LogP contribution in [0.1, 0.15) is 31.2 Å². The lowest BCUT2D eigenvalue weighted by Crippen LogP contribution is -2.50. The van der Waals surface area contributed by atoms with Crippen molar-refractivity contribution < 1.29 is 9.53 Å². The van der Waals surface area contributed by atoms with E-state index in [4.69, 9.17) is 10.5 Å². The Labute approximate surface area is 167 Å². The normalized spacial score (nSPS) is 22.5. The van der Waals surface area contributed by atoms with Crippen molar-refractivity contribution in [3.05, 3.63) is 36.0 Å². The number of nitrogens with two attached hydrogens (primary N) is 1. The second-order valence-electron chi connectivity index (χ2n) is 8.26. The first-order chi connectivity index (χ1) is 13.7. The minimum atomic E-state index is -0.000553. The maximum Gasteiger partial charge on any atom is 0.227 e. The molecule has 0 unspecified atom stereocenters. The van der Waals surface area contributed by atoms with Gasteiger partial charge in [0, 0.05) is 69.1 Å². The Balaban J connectivity index is 1.55. The number of carbonyl (C=O) groups is 1. The molecule has 2 aliphatic rings. The van der Waals surface area contributed by atoms with E-state index in [1.165, 1.54) is 16.5 Å². The molecule has 1 saturated carbocycles. The number of aromatic nitrogens is 1. The molecule has 1 saturated heterocycles. The first-order valence-corrected chi connectivity index (χ1v) is 10.5. The fraction of sp³-hybridized carbons (Fsp3) is 0.591. The smallest absolute Gasteiger partial charge is 0.227 e. The summed E-state index contributed by atoms with van der Waals surface area (Å²) < 4.78 is 7.51. The molecule has 2 heterocycles. The third-order valence-corrected chi connectivity index (χ3v) is 5.96. The molecule has 6 heteroatoms. The summed E-state index contributed by atoms with van der Waals surface area (Å²) in [4.78, 5) is 15.4. The average Bonchev–Trinajstić information content (AvgIpc) is 3.49. The maximum absolute atomic E-state index is 13.3. The molecule has 2 aromatic rings. The molecule has 1 aromatic carbocycles. The van der Waals surface area contributed by atoms with Crippen LogP contribution < -0.4 is 11.1 Å².